The summed E-state index contributed by atoms with van der Waals surface area (Å²) < 4.78 is 5.48. The van der Waals surface area contributed by atoms with Crippen LogP contribution in [0, 0.1) is 11.8 Å². The van der Waals surface area contributed by atoms with E-state index in [4.69, 9.17) is 15.7 Å². The lowest BCUT2D eigenvalue weighted by atomic mass is 10.0. The van der Waals surface area contributed by atoms with Crippen LogP contribution in [0.15, 0.2) is 5.16 Å². The summed E-state index contributed by atoms with van der Waals surface area (Å²) in [5.41, 5.74) is 5.51. The fraction of sp³-hybridized carbons (Fsp3) is 0.846. The molecule has 0 radical (unpaired) electrons. The molecule has 6 nitrogen and oxygen atoms in total. The van der Waals surface area contributed by atoms with Crippen LogP contribution in [0.4, 0.5) is 0 Å². The predicted octanol–water partition coefficient (Wildman–Crippen LogP) is 1.08. The van der Waals surface area contributed by atoms with Gasteiger partial charge >= 0.3 is 0 Å². The molecule has 19 heavy (non-hydrogen) atoms. The maximum absolute atomic E-state index is 11.9. The molecule has 0 bridgehead atoms. The fourth-order valence-electron chi connectivity index (χ4n) is 1.82. The van der Waals surface area contributed by atoms with Gasteiger partial charge in [0.1, 0.15) is 0 Å². The highest BCUT2D eigenvalue weighted by molar-refractivity contribution is 6.01. The van der Waals surface area contributed by atoms with Gasteiger partial charge in [0, 0.05) is 19.8 Å². The normalized spacial score (nSPS) is 17.2. The summed E-state index contributed by atoms with van der Waals surface area (Å²) in [6.07, 6.45) is 4.75. The average molecular weight is 271 g/mol. The maximum Gasteiger partial charge on any atom is 0.230 e. The first-order chi connectivity index (χ1) is 9.19. The Morgan fingerprint density at radius 1 is 1.58 bits per heavy atom. The van der Waals surface area contributed by atoms with Crippen LogP contribution in [0.5, 0.6) is 0 Å². The summed E-state index contributed by atoms with van der Waals surface area (Å²) >= 11 is 0. The van der Waals surface area contributed by atoms with Gasteiger partial charge in [-0.25, -0.2) is 0 Å². The van der Waals surface area contributed by atoms with Crippen LogP contribution in [-0.4, -0.2) is 36.7 Å². The number of nitrogens with zero attached hydrogens (tertiary/aromatic N) is 1. The second-order valence-electron chi connectivity index (χ2n) is 5.03. The lowest BCUT2D eigenvalue weighted by molar-refractivity contribution is -0.123. The molecular formula is C13H25N3O3. The predicted molar refractivity (Wildman–Crippen MR) is 73.0 cm³/mol. The van der Waals surface area contributed by atoms with Crippen molar-refractivity contribution in [2.75, 3.05) is 19.8 Å². The monoisotopic (exact) mass is 271 g/mol. The zero-order valence-electron chi connectivity index (χ0n) is 11.6. The topological polar surface area (TPSA) is 96.9 Å². The molecule has 1 amide bonds. The number of rotatable bonds is 10. The summed E-state index contributed by atoms with van der Waals surface area (Å²) in [4.78, 5) is 11.9. The van der Waals surface area contributed by atoms with Crippen molar-refractivity contribution in [2.24, 2.45) is 22.7 Å². The third-order valence-corrected chi connectivity index (χ3v) is 3.18. The van der Waals surface area contributed by atoms with Crippen LogP contribution in [0.3, 0.4) is 0 Å². The van der Waals surface area contributed by atoms with E-state index in [-0.39, 0.29) is 11.7 Å². The van der Waals surface area contributed by atoms with Crippen LogP contribution >= 0.6 is 0 Å². The molecule has 0 heterocycles. The van der Waals surface area contributed by atoms with E-state index in [1.54, 1.807) is 0 Å². The molecule has 0 aromatic carbocycles. The van der Waals surface area contributed by atoms with E-state index >= 15 is 0 Å². The smallest absolute Gasteiger partial charge is 0.230 e. The Hall–Kier alpha value is -1.30. The number of carbonyl (C=O) groups excluding carboxylic acids is 1. The lowest BCUT2D eigenvalue weighted by Gasteiger charge is -2.14. The second-order valence-corrected chi connectivity index (χ2v) is 5.03. The van der Waals surface area contributed by atoms with Crippen molar-refractivity contribution in [3.05, 3.63) is 0 Å². The van der Waals surface area contributed by atoms with Crippen molar-refractivity contribution in [1.29, 1.82) is 0 Å². The largest absolute Gasteiger partial charge is 0.409 e. The van der Waals surface area contributed by atoms with Gasteiger partial charge in [-0.1, -0.05) is 18.5 Å². The van der Waals surface area contributed by atoms with Crippen molar-refractivity contribution in [1.82, 2.24) is 5.32 Å². The number of amidine groups is 1. The molecule has 1 fully saturated rings. The van der Waals surface area contributed by atoms with Crippen molar-refractivity contribution in [2.45, 2.75) is 39.0 Å². The molecule has 1 atom stereocenters. The number of hydrogen-bond donors (Lipinski definition) is 3. The first-order valence-electron chi connectivity index (χ1n) is 7.01. The molecule has 1 unspecified atom stereocenters. The van der Waals surface area contributed by atoms with Gasteiger partial charge in [0.2, 0.25) is 5.91 Å². The lowest BCUT2D eigenvalue weighted by Crippen LogP contribution is -2.39. The highest BCUT2D eigenvalue weighted by Gasteiger charge is 2.22. The molecule has 0 aromatic heterocycles. The molecular weight excluding hydrogens is 246 g/mol. The summed E-state index contributed by atoms with van der Waals surface area (Å²) in [6, 6.07) is 0. The number of oxime groups is 1. The van der Waals surface area contributed by atoms with Gasteiger partial charge in [0.05, 0.1) is 5.92 Å². The Labute approximate surface area is 114 Å². The SMILES string of the molecule is CCCC(C(=O)NCCCOCC1CC1)C(N)=NO. The molecule has 0 saturated heterocycles. The van der Waals surface area contributed by atoms with Gasteiger partial charge in [-0.2, -0.15) is 0 Å². The summed E-state index contributed by atoms with van der Waals surface area (Å²) in [5.74, 6) is 0.0233. The zero-order valence-corrected chi connectivity index (χ0v) is 11.6. The molecule has 0 spiro atoms. The number of nitrogens with two attached hydrogens (primary N) is 1. The number of ether oxygens (including phenoxy) is 1. The van der Waals surface area contributed by atoms with Crippen molar-refractivity contribution in [3.63, 3.8) is 0 Å². The highest BCUT2D eigenvalue weighted by Crippen LogP contribution is 2.28. The zero-order chi connectivity index (χ0) is 14.1. The van der Waals surface area contributed by atoms with Crippen LogP contribution in [0.25, 0.3) is 0 Å². The number of hydrogen-bond acceptors (Lipinski definition) is 4. The molecule has 1 rings (SSSR count). The Morgan fingerprint density at radius 2 is 2.32 bits per heavy atom. The van der Waals surface area contributed by atoms with Gasteiger partial charge in [-0.3, -0.25) is 4.79 Å². The second kappa shape index (κ2) is 8.74. The minimum atomic E-state index is -0.539. The van der Waals surface area contributed by atoms with Crippen LogP contribution in [0.2, 0.25) is 0 Å². The Bertz CT molecular complexity index is 304. The van der Waals surface area contributed by atoms with E-state index in [9.17, 15) is 4.79 Å². The highest BCUT2D eigenvalue weighted by atomic mass is 16.5. The molecule has 0 aliphatic heterocycles. The van der Waals surface area contributed by atoms with Gasteiger partial charge in [0.15, 0.2) is 5.84 Å². The van der Waals surface area contributed by atoms with Crippen LogP contribution in [0.1, 0.15) is 39.0 Å². The summed E-state index contributed by atoms with van der Waals surface area (Å²) in [6.45, 7) is 4.02. The number of amides is 1. The average Bonchev–Trinajstić information content (AvgIpc) is 3.23. The third-order valence-electron chi connectivity index (χ3n) is 3.18. The van der Waals surface area contributed by atoms with E-state index in [0.717, 1.165) is 25.4 Å². The molecule has 1 aliphatic rings. The maximum atomic E-state index is 11.9. The molecule has 6 heteroatoms. The van der Waals surface area contributed by atoms with Crippen LogP contribution in [-0.2, 0) is 9.53 Å². The molecule has 110 valence electrons. The van der Waals surface area contributed by atoms with Crippen molar-refractivity contribution in [3.8, 4) is 0 Å². The van der Waals surface area contributed by atoms with Crippen molar-refractivity contribution < 1.29 is 14.7 Å². The van der Waals surface area contributed by atoms with Gasteiger partial charge < -0.3 is 21.0 Å². The minimum absolute atomic E-state index is 0.0238. The molecule has 0 aromatic rings. The molecule has 4 N–H and O–H groups in total. The van der Waals surface area contributed by atoms with E-state index < -0.39 is 5.92 Å². The quantitative estimate of drug-likeness (QED) is 0.182. The number of carbonyl (C=O) groups is 1. The van der Waals surface area contributed by atoms with Gasteiger partial charge in [-0.05, 0) is 31.6 Å². The Morgan fingerprint density at radius 3 is 2.89 bits per heavy atom. The Kier molecular flexibility index (Phi) is 7.25. The van der Waals surface area contributed by atoms with E-state index in [2.05, 4.69) is 10.5 Å². The van der Waals surface area contributed by atoms with Crippen LogP contribution < -0.4 is 11.1 Å². The third kappa shape index (κ3) is 6.42. The molecule has 1 aliphatic carbocycles. The summed E-state index contributed by atoms with van der Waals surface area (Å²) in [5, 5.41) is 14.4. The first-order valence-corrected chi connectivity index (χ1v) is 7.01. The molecule has 1 saturated carbocycles. The van der Waals surface area contributed by atoms with E-state index in [1.807, 2.05) is 6.92 Å². The van der Waals surface area contributed by atoms with Crippen molar-refractivity contribution >= 4 is 11.7 Å². The summed E-state index contributed by atoms with van der Waals surface area (Å²) in [7, 11) is 0. The van der Waals surface area contributed by atoms with Gasteiger partial charge in [0.25, 0.3) is 0 Å². The first kappa shape index (κ1) is 15.8. The minimum Gasteiger partial charge on any atom is -0.409 e. The standard InChI is InChI=1S/C13H25N3O3/c1-2-4-11(12(14)16-18)13(17)15-7-3-8-19-9-10-5-6-10/h10-11,18H,2-9H2,1H3,(H2,14,16)(H,15,17). The fourth-order valence-corrected chi connectivity index (χ4v) is 1.82. The van der Waals surface area contributed by atoms with E-state index in [0.29, 0.717) is 19.6 Å². The Balaban J connectivity index is 2.12. The van der Waals surface area contributed by atoms with E-state index in [1.165, 1.54) is 12.8 Å². The number of nitrogens with one attached hydrogen (secondary N) is 1. The van der Waals surface area contributed by atoms with Gasteiger partial charge in [-0.15, -0.1) is 0 Å².